The Bertz CT molecular complexity index is 696. The first kappa shape index (κ1) is 25.1. The van der Waals surface area contributed by atoms with Crippen LogP contribution in [0.15, 0.2) is 42.5 Å². The predicted octanol–water partition coefficient (Wildman–Crippen LogP) is 8.78. The van der Waals surface area contributed by atoms with Gasteiger partial charge in [0, 0.05) is 6.61 Å². The van der Waals surface area contributed by atoms with Gasteiger partial charge in [-0.1, -0.05) is 115 Å². The minimum atomic E-state index is -2.09. The Hall–Kier alpha value is -1.16. The van der Waals surface area contributed by atoms with E-state index in [1.165, 1.54) is 80.5 Å². The molecule has 2 aromatic carbocycles. The first-order chi connectivity index (χ1) is 14.7. The summed E-state index contributed by atoms with van der Waals surface area (Å²) in [6, 6.07) is 17.2. The quantitative estimate of drug-likeness (QED) is 0.185. The minimum Gasteiger partial charge on any atom is -0.394 e. The molecule has 0 aliphatic carbocycles. The van der Waals surface area contributed by atoms with Crippen molar-refractivity contribution in [2.24, 2.45) is 0 Å². The molecular weight excluding hydrogens is 384 g/mol. The molecule has 0 aromatic heterocycles. The summed E-state index contributed by atoms with van der Waals surface area (Å²) in [6.07, 6.45) is 13.6. The van der Waals surface area contributed by atoms with Gasteiger partial charge in [-0.2, -0.15) is 0 Å². The Labute approximate surface area is 186 Å². The fourth-order valence-corrected chi connectivity index (χ4v) is 6.44. The minimum absolute atomic E-state index is 0.663. The molecule has 0 heterocycles. The summed E-state index contributed by atoms with van der Waals surface area (Å²) < 4.78 is 12.9. The van der Waals surface area contributed by atoms with Crippen molar-refractivity contribution >= 4 is 19.3 Å². The molecule has 0 amide bonds. The molecular formula is C27H44O2Si. The summed E-state index contributed by atoms with van der Waals surface area (Å²) >= 11 is 0. The van der Waals surface area contributed by atoms with E-state index in [1.807, 2.05) is 0 Å². The smallest absolute Gasteiger partial charge is 0.337 e. The summed E-state index contributed by atoms with van der Waals surface area (Å²) in [5.41, 5.74) is 1.25. The molecule has 0 atom stereocenters. The maximum atomic E-state index is 6.47. The second-order valence-corrected chi connectivity index (χ2v) is 12.4. The molecule has 0 aliphatic rings. The van der Waals surface area contributed by atoms with Crippen molar-refractivity contribution in [3.05, 3.63) is 48.0 Å². The molecule has 0 aliphatic heterocycles. The van der Waals surface area contributed by atoms with Crippen LogP contribution in [0.1, 0.15) is 90.5 Å². The van der Waals surface area contributed by atoms with E-state index >= 15 is 0 Å². The van der Waals surface area contributed by atoms with E-state index in [0.717, 1.165) is 18.7 Å². The van der Waals surface area contributed by atoms with E-state index in [0.29, 0.717) is 6.61 Å². The molecule has 2 rings (SSSR count). The molecule has 30 heavy (non-hydrogen) atoms. The molecule has 2 nitrogen and oxygen atoms in total. The largest absolute Gasteiger partial charge is 0.394 e. The Morgan fingerprint density at radius 2 is 1.23 bits per heavy atom. The van der Waals surface area contributed by atoms with Crippen LogP contribution in [0.3, 0.4) is 0 Å². The molecule has 3 heteroatoms. The third-order valence-corrected chi connectivity index (χ3v) is 9.81. The average molecular weight is 429 g/mol. The van der Waals surface area contributed by atoms with Crippen molar-refractivity contribution < 1.29 is 8.85 Å². The molecule has 0 saturated heterocycles. The number of unbranched alkanes of at least 4 members (excludes halogenated alkanes) is 9. The van der Waals surface area contributed by atoms with Crippen molar-refractivity contribution in [1.82, 2.24) is 0 Å². The van der Waals surface area contributed by atoms with E-state index in [9.17, 15) is 0 Å². The zero-order chi connectivity index (χ0) is 21.5. The number of hydrogen-bond acceptors (Lipinski definition) is 2. The second kappa shape index (κ2) is 14.8. The van der Waals surface area contributed by atoms with Crippen LogP contribution in [0.5, 0.6) is 0 Å². The number of fused-ring (bicyclic) bond motifs is 1. The predicted molar refractivity (Wildman–Crippen MR) is 133 cm³/mol. The highest BCUT2D eigenvalue weighted by Crippen LogP contribution is 2.23. The van der Waals surface area contributed by atoms with Gasteiger partial charge in [0.15, 0.2) is 0 Å². The van der Waals surface area contributed by atoms with Crippen LogP contribution in [0.4, 0.5) is 0 Å². The van der Waals surface area contributed by atoms with Crippen molar-refractivity contribution in [3.63, 3.8) is 0 Å². The van der Waals surface area contributed by atoms with Gasteiger partial charge in [-0.15, -0.1) is 0 Å². The third-order valence-electron chi connectivity index (χ3n) is 6.26. The standard InChI is InChI=1S/C27H44O2Si/c1-4-7-8-9-10-11-12-13-14-17-22-28-30(5-2,6-3)29-24-25-20-21-26-18-15-16-19-27(26)23-25/h15-16,18-21,23H,4-14,17,22,24H2,1-3H3. The summed E-state index contributed by atoms with van der Waals surface area (Å²) in [5, 5.41) is 2.57. The fraction of sp³-hybridized carbons (Fsp3) is 0.630. The van der Waals surface area contributed by atoms with Gasteiger partial charge in [0.2, 0.25) is 0 Å². The van der Waals surface area contributed by atoms with Crippen molar-refractivity contribution in [1.29, 1.82) is 0 Å². The van der Waals surface area contributed by atoms with Crippen LogP contribution in [-0.2, 0) is 15.5 Å². The molecule has 0 fully saturated rings. The van der Waals surface area contributed by atoms with Gasteiger partial charge < -0.3 is 8.85 Å². The van der Waals surface area contributed by atoms with Gasteiger partial charge in [-0.25, -0.2) is 0 Å². The van der Waals surface area contributed by atoms with Crippen LogP contribution < -0.4 is 0 Å². The van der Waals surface area contributed by atoms with Crippen LogP contribution in [0.2, 0.25) is 12.1 Å². The van der Waals surface area contributed by atoms with Gasteiger partial charge in [-0.3, -0.25) is 0 Å². The van der Waals surface area contributed by atoms with E-state index in [-0.39, 0.29) is 0 Å². The molecule has 0 spiro atoms. The zero-order valence-corrected chi connectivity index (χ0v) is 20.8. The molecule has 0 bridgehead atoms. The summed E-state index contributed by atoms with van der Waals surface area (Å²) in [5.74, 6) is 0. The monoisotopic (exact) mass is 428 g/mol. The van der Waals surface area contributed by atoms with Crippen LogP contribution in [0, 0.1) is 0 Å². The fourth-order valence-electron chi connectivity index (χ4n) is 4.09. The molecule has 0 unspecified atom stereocenters. The van der Waals surface area contributed by atoms with Gasteiger partial charge in [-0.05, 0) is 40.9 Å². The highest BCUT2D eigenvalue weighted by molar-refractivity contribution is 6.67. The lowest BCUT2D eigenvalue weighted by Gasteiger charge is -2.29. The highest BCUT2D eigenvalue weighted by atomic mass is 28.4. The lowest BCUT2D eigenvalue weighted by molar-refractivity contribution is 0.158. The van der Waals surface area contributed by atoms with E-state index in [4.69, 9.17) is 8.85 Å². The summed E-state index contributed by atoms with van der Waals surface area (Å²) in [4.78, 5) is 0. The van der Waals surface area contributed by atoms with Crippen molar-refractivity contribution in [3.8, 4) is 0 Å². The first-order valence-electron chi connectivity index (χ1n) is 12.5. The Kier molecular flexibility index (Phi) is 12.4. The molecule has 0 radical (unpaired) electrons. The maximum Gasteiger partial charge on any atom is 0.337 e. The lowest BCUT2D eigenvalue weighted by Crippen LogP contribution is -2.40. The average Bonchev–Trinajstić information content (AvgIpc) is 2.79. The SMILES string of the molecule is CCCCCCCCCCCCO[Si](CC)(CC)OCc1ccc2ccccc2c1. The topological polar surface area (TPSA) is 18.5 Å². The molecule has 2 aromatic rings. The highest BCUT2D eigenvalue weighted by Gasteiger charge is 2.33. The lowest BCUT2D eigenvalue weighted by atomic mass is 10.1. The van der Waals surface area contributed by atoms with Gasteiger partial charge >= 0.3 is 8.56 Å². The third kappa shape index (κ3) is 8.91. The van der Waals surface area contributed by atoms with Crippen LogP contribution in [-0.4, -0.2) is 15.2 Å². The zero-order valence-electron chi connectivity index (χ0n) is 19.8. The number of hydrogen-bond donors (Lipinski definition) is 0. The first-order valence-corrected chi connectivity index (χ1v) is 14.7. The van der Waals surface area contributed by atoms with E-state index < -0.39 is 8.56 Å². The molecule has 0 saturated carbocycles. The van der Waals surface area contributed by atoms with Gasteiger partial charge in [0.25, 0.3) is 0 Å². The Morgan fingerprint density at radius 3 is 1.87 bits per heavy atom. The normalized spacial score (nSPS) is 12.0. The second-order valence-electron chi connectivity index (χ2n) is 8.62. The summed E-state index contributed by atoms with van der Waals surface area (Å²) in [7, 11) is -2.09. The van der Waals surface area contributed by atoms with Gasteiger partial charge in [0.1, 0.15) is 0 Å². The number of benzene rings is 2. The van der Waals surface area contributed by atoms with Crippen molar-refractivity contribution in [2.45, 2.75) is 104 Å². The summed E-state index contributed by atoms with van der Waals surface area (Å²) in [6.45, 7) is 8.27. The molecule has 0 N–H and O–H groups in total. The van der Waals surface area contributed by atoms with Crippen molar-refractivity contribution in [2.75, 3.05) is 6.61 Å². The number of rotatable bonds is 17. The van der Waals surface area contributed by atoms with Crippen LogP contribution in [0.25, 0.3) is 10.8 Å². The van der Waals surface area contributed by atoms with Crippen LogP contribution >= 0.6 is 0 Å². The Morgan fingerprint density at radius 1 is 0.633 bits per heavy atom. The maximum absolute atomic E-state index is 6.47. The van der Waals surface area contributed by atoms with E-state index in [2.05, 4.69) is 63.2 Å². The molecule has 168 valence electrons. The van der Waals surface area contributed by atoms with Gasteiger partial charge in [0.05, 0.1) is 6.61 Å². The van der Waals surface area contributed by atoms with E-state index in [1.54, 1.807) is 0 Å². The Balaban J connectivity index is 1.66.